The van der Waals surface area contributed by atoms with Crippen LogP contribution in [-0.2, 0) is 26.5 Å². The second kappa shape index (κ2) is 14.4. The maximum atomic E-state index is 12.4. The third-order valence-corrected chi connectivity index (χ3v) is 7.58. The number of carbonyl (C=O) groups excluding carboxylic acids is 1. The van der Waals surface area contributed by atoms with Gasteiger partial charge in [-0.1, -0.05) is 73.9 Å². The lowest BCUT2D eigenvalue weighted by atomic mass is 9.78. The second-order valence-corrected chi connectivity index (χ2v) is 14.2. The van der Waals surface area contributed by atoms with Crippen molar-refractivity contribution in [2.75, 3.05) is 18.7 Å². The summed E-state index contributed by atoms with van der Waals surface area (Å²) in [4.78, 5) is 12.4. The molecule has 7 heteroatoms. The van der Waals surface area contributed by atoms with Crippen LogP contribution in [0.2, 0.25) is 0 Å². The quantitative estimate of drug-likeness (QED) is 0.296. The number of rotatable bonds is 15. The average Bonchev–Trinajstić information content (AvgIpc) is 2.75. The number of carbonyl (C=O) groups is 1. The van der Waals surface area contributed by atoms with Crippen molar-refractivity contribution in [1.29, 1.82) is 0 Å². The number of ether oxygens (including phenoxy) is 1. The van der Waals surface area contributed by atoms with E-state index in [4.69, 9.17) is 10.5 Å². The van der Waals surface area contributed by atoms with Gasteiger partial charge in [0.1, 0.15) is 5.75 Å². The van der Waals surface area contributed by atoms with Crippen molar-refractivity contribution in [3.05, 3.63) is 29.3 Å². The van der Waals surface area contributed by atoms with Gasteiger partial charge in [-0.3, -0.25) is 4.79 Å². The zero-order valence-electron chi connectivity index (χ0n) is 24.2. The molecule has 1 unspecified atom stereocenters. The number of benzene rings is 1. The van der Waals surface area contributed by atoms with E-state index in [1.807, 2.05) is 13.0 Å². The lowest BCUT2D eigenvalue weighted by Crippen LogP contribution is -2.37. The van der Waals surface area contributed by atoms with Crippen LogP contribution in [-0.4, -0.2) is 39.1 Å². The number of nitrogens with one attached hydrogen (secondary N) is 1. The van der Waals surface area contributed by atoms with E-state index in [0.717, 1.165) is 43.4 Å². The number of nitrogens with two attached hydrogens (primary N) is 1. The van der Waals surface area contributed by atoms with E-state index in [1.165, 1.54) is 6.26 Å². The summed E-state index contributed by atoms with van der Waals surface area (Å²) in [6, 6.07) is 6.17. The molecule has 1 aromatic carbocycles. The van der Waals surface area contributed by atoms with Crippen LogP contribution in [0.3, 0.4) is 0 Å². The minimum absolute atomic E-state index is 0.0462. The van der Waals surface area contributed by atoms with Crippen molar-refractivity contribution >= 4 is 15.7 Å². The van der Waals surface area contributed by atoms with E-state index in [0.29, 0.717) is 24.0 Å². The maximum Gasteiger partial charge on any atom is 0.222 e. The van der Waals surface area contributed by atoms with Crippen molar-refractivity contribution in [2.45, 2.75) is 99.0 Å². The van der Waals surface area contributed by atoms with Crippen LogP contribution in [0.25, 0.3) is 0 Å². The maximum absolute atomic E-state index is 12.4. The molecule has 0 bridgehead atoms. The molecule has 0 spiro atoms. The van der Waals surface area contributed by atoms with Gasteiger partial charge in [-0.15, -0.1) is 0 Å². The summed E-state index contributed by atoms with van der Waals surface area (Å²) in [7, 11) is -3.25. The third-order valence-electron chi connectivity index (χ3n) is 7.03. The minimum Gasteiger partial charge on any atom is -0.477 e. The molecule has 1 rings (SSSR count). The van der Waals surface area contributed by atoms with Crippen molar-refractivity contribution in [3.63, 3.8) is 0 Å². The Hall–Kier alpha value is -1.60. The summed E-state index contributed by atoms with van der Waals surface area (Å²) in [6.45, 7) is 17.7. The first-order chi connectivity index (χ1) is 16.5. The fourth-order valence-electron chi connectivity index (χ4n) is 4.46. The van der Waals surface area contributed by atoms with Gasteiger partial charge in [-0.05, 0) is 66.0 Å². The molecule has 0 saturated heterocycles. The van der Waals surface area contributed by atoms with Gasteiger partial charge in [0.15, 0.2) is 15.8 Å². The van der Waals surface area contributed by atoms with Gasteiger partial charge in [0.2, 0.25) is 5.91 Å². The number of hydrogen-bond donors (Lipinski definition) is 2. The minimum atomic E-state index is -3.25. The van der Waals surface area contributed by atoms with Gasteiger partial charge in [0.25, 0.3) is 0 Å². The molecule has 3 N–H and O–H groups in total. The van der Waals surface area contributed by atoms with Gasteiger partial charge in [0.05, 0.1) is 0 Å². The van der Waals surface area contributed by atoms with Gasteiger partial charge < -0.3 is 15.8 Å². The monoisotopic (exact) mass is 524 g/mol. The Labute approximate surface area is 221 Å². The normalized spacial score (nSPS) is 15.9. The number of hydrogen-bond acceptors (Lipinski definition) is 5. The molecule has 0 aliphatic carbocycles. The summed E-state index contributed by atoms with van der Waals surface area (Å²) < 4.78 is 29.2. The van der Waals surface area contributed by atoms with E-state index >= 15 is 0 Å². The van der Waals surface area contributed by atoms with Crippen LogP contribution in [0, 0.1) is 23.7 Å². The van der Waals surface area contributed by atoms with Crippen LogP contribution >= 0.6 is 0 Å². The van der Waals surface area contributed by atoms with Crippen molar-refractivity contribution in [2.24, 2.45) is 29.4 Å². The summed E-state index contributed by atoms with van der Waals surface area (Å²) in [5.41, 5.74) is 8.54. The lowest BCUT2D eigenvalue weighted by molar-refractivity contribution is -0.124. The highest BCUT2D eigenvalue weighted by atomic mass is 32.2. The Morgan fingerprint density at radius 2 is 1.75 bits per heavy atom. The molecular weight excluding hydrogens is 472 g/mol. The molecule has 1 aromatic rings. The smallest absolute Gasteiger partial charge is 0.222 e. The first kappa shape index (κ1) is 32.4. The lowest BCUT2D eigenvalue weighted by Gasteiger charge is -2.29. The molecule has 4 atom stereocenters. The number of unbranched alkanes of at least 4 members (excludes halogenated alkanes) is 1. The van der Waals surface area contributed by atoms with Gasteiger partial charge in [-0.25, -0.2) is 8.42 Å². The van der Waals surface area contributed by atoms with E-state index in [1.54, 1.807) is 0 Å². The molecule has 1 amide bonds. The SMILES string of the molecule is CCCCNC(=O)C(C)C[C@H](N)[C@@H](C)C[C@H](Cc1ccc(C(C)(C)C)c(OCS(C)(=O)=O)c1)C(C)C. The van der Waals surface area contributed by atoms with Crippen LogP contribution in [0.4, 0.5) is 0 Å². The Morgan fingerprint density at radius 1 is 1.11 bits per heavy atom. The van der Waals surface area contributed by atoms with Crippen LogP contribution in [0.1, 0.15) is 92.2 Å². The molecule has 0 heterocycles. The highest BCUT2D eigenvalue weighted by Crippen LogP contribution is 2.34. The Bertz CT molecular complexity index is 922. The van der Waals surface area contributed by atoms with Crippen molar-refractivity contribution < 1.29 is 17.9 Å². The molecular formula is C29H52N2O4S. The molecule has 6 nitrogen and oxygen atoms in total. The van der Waals surface area contributed by atoms with E-state index < -0.39 is 9.84 Å². The Morgan fingerprint density at radius 3 is 2.28 bits per heavy atom. The number of amides is 1. The fourth-order valence-corrected chi connectivity index (χ4v) is 4.80. The van der Waals surface area contributed by atoms with Gasteiger partial charge >= 0.3 is 0 Å². The van der Waals surface area contributed by atoms with Crippen LogP contribution < -0.4 is 15.8 Å². The number of sulfone groups is 1. The second-order valence-electron chi connectivity index (χ2n) is 12.1. The molecule has 0 aromatic heterocycles. The molecule has 0 aliphatic rings. The summed E-state index contributed by atoms with van der Waals surface area (Å²) >= 11 is 0. The standard InChI is InChI=1S/C29H52N2O4S/c1-10-11-14-31-28(32)22(5)16-26(30)21(4)15-24(20(2)3)17-23-12-13-25(29(6,7)8)27(18-23)35-19-36(9,33)34/h12-13,18,20-22,24,26H,10-11,14-17,19,30H2,1-9H3,(H,31,32)/t21-,22?,24+,26-/m0/s1. The largest absolute Gasteiger partial charge is 0.477 e. The van der Waals surface area contributed by atoms with Crippen LogP contribution in [0.5, 0.6) is 5.75 Å². The third kappa shape index (κ3) is 11.6. The summed E-state index contributed by atoms with van der Waals surface area (Å²) in [5.74, 6) is 1.44. The van der Waals surface area contributed by atoms with E-state index in [2.05, 4.69) is 65.9 Å². The molecule has 36 heavy (non-hydrogen) atoms. The average molecular weight is 525 g/mol. The zero-order valence-corrected chi connectivity index (χ0v) is 25.0. The fraction of sp³-hybridized carbons (Fsp3) is 0.759. The van der Waals surface area contributed by atoms with Crippen LogP contribution in [0.15, 0.2) is 18.2 Å². The summed E-state index contributed by atoms with van der Waals surface area (Å²) in [6.07, 6.45) is 5.74. The Balaban J connectivity index is 2.93. The predicted molar refractivity (Wildman–Crippen MR) is 151 cm³/mol. The summed E-state index contributed by atoms with van der Waals surface area (Å²) in [5, 5.41) is 3.02. The molecule has 0 radical (unpaired) electrons. The highest BCUT2D eigenvalue weighted by molar-refractivity contribution is 7.90. The van der Waals surface area contributed by atoms with Crippen molar-refractivity contribution in [1.82, 2.24) is 5.32 Å². The zero-order chi connectivity index (χ0) is 27.7. The molecule has 208 valence electrons. The predicted octanol–water partition coefficient (Wildman–Crippen LogP) is 5.48. The van der Waals surface area contributed by atoms with E-state index in [9.17, 15) is 13.2 Å². The van der Waals surface area contributed by atoms with Gasteiger partial charge in [0, 0.05) is 24.8 Å². The molecule has 0 fully saturated rings. The Kier molecular flexibility index (Phi) is 12.9. The first-order valence-corrected chi connectivity index (χ1v) is 15.6. The van der Waals surface area contributed by atoms with Crippen molar-refractivity contribution in [3.8, 4) is 5.75 Å². The van der Waals surface area contributed by atoms with E-state index in [-0.39, 0.29) is 35.1 Å². The highest BCUT2D eigenvalue weighted by Gasteiger charge is 2.26. The molecule has 0 aliphatic heterocycles. The first-order valence-electron chi connectivity index (χ1n) is 13.5. The van der Waals surface area contributed by atoms with Gasteiger partial charge in [-0.2, -0.15) is 0 Å². The topological polar surface area (TPSA) is 98.5 Å². The molecule has 0 saturated carbocycles.